The zero-order chi connectivity index (χ0) is 19.0. The number of aryl methyl sites for hydroxylation is 1. The molecule has 27 heavy (non-hydrogen) atoms. The van der Waals surface area contributed by atoms with Gasteiger partial charge in [0.05, 0.1) is 10.9 Å². The lowest BCUT2D eigenvalue weighted by atomic mass is 10.1. The van der Waals surface area contributed by atoms with E-state index in [4.69, 9.17) is 0 Å². The van der Waals surface area contributed by atoms with Crippen molar-refractivity contribution in [3.63, 3.8) is 0 Å². The number of carbonyl (C=O) groups is 1. The molecule has 1 aromatic heterocycles. The molecule has 1 aliphatic rings. The standard InChI is InChI=1S/C20H21N5OS/c1-13-8-4-6-10-17(13)25-20(21-22-23-25)27-15(3)19(26)24-14(2)12-16-9-5-7-11-18(16)24/h4-11,14-15H,12H2,1-3H3/t14-,15-/m1/s1. The minimum atomic E-state index is -0.299. The first-order valence-electron chi connectivity index (χ1n) is 8.98. The summed E-state index contributed by atoms with van der Waals surface area (Å²) in [6, 6.07) is 16.2. The molecule has 2 atom stereocenters. The van der Waals surface area contributed by atoms with Crippen molar-refractivity contribution in [1.82, 2.24) is 20.2 Å². The van der Waals surface area contributed by atoms with Crippen molar-refractivity contribution in [3.8, 4) is 5.69 Å². The Labute approximate surface area is 162 Å². The number of amides is 1. The second-order valence-electron chi connectivity index (χ2n) is 6.81. The molecule has 0 saturated carbocycles. The summed E-state index contributed by atoms with van der Waals surface area (Å²) >= 11 is 1.39. The molecule has 0 unspecified atom stereocenters. The highest BCUT2D eigenvalue weighted by Gasteiger charge is 2.34. The van der Waals surface area contributed by atoms with E-state index in [9.17, 15) is 4.79 Å². The zero-order valence-electron chi connectivity index (χ0n) is 15.5. The number of aromatic nitrogens is 4. The molecule has 3 aromatic rings. The summed E-state index contributed by atoms with van der Waals surface area (Å²) in [6.07, 6.45) is 0.889. The third-order valence-electron chi connectivity index (χ3n) is 4.86. The zero-order valence-corrected chi connectivity index (χ0v) is 16.3. The molecule has 2 heterocycles. The van der Waals surface area contributed by atoms with E-state index in [2.05, 4.69) is 28.5 Å². The smallest absolute Gasteiger partial charge is 0.240 e. The third kappa shape index (κ3) is 3.23. The molecule has 0 aliphatic carbocycles. The fraction of sp³-hybridized carbons (Fsp3) is 0.300. The number of anilines is 1. The van der Waals surface area contributed by atoms with Gasteiger partial charge in [-0.15, -0.1) is 5.10 Å². The van der Waals surface area contributed by atoms with Crippen LogP contribution in [0.25, 0.3) is 5.69 Å². The largest absolute Gasteiger partial charge is 0.308 e. The molecular formula is C20H21N5OS. The number of rotatable bonds is 4. The van der Waals surface area contributed by atoms with Crippen LogP contribution in [-0.2, 0) is 11.2 Å². The maximum Gasteiger partial charge on any atom is 0.240 e. The molecule has 7 heteroatoms. The fourth-order valence-electron chi connectivity index (χ4n) is 3.51. The molecule has 1 amide bonds. The highest BCUT2D eigenvalue weighted by Crippen LogP contribution is 2.34. The summed E-state index contributed by atoms with van der Waals surface area (Å²) < 4.78 is 1.70. The number of para-hydroxylation sites is 2. The number of hydrogen-bond acceptors (Lipinski definition) is 5. The summed E-state index contributed by atoms with van der Waals surface area (Å²) in [5, 5.41) is 12.4. The average Bonchev–Trinajstić information content (AvgIpc) is 3.24. The summed E-state index contributed by atoms with van der Waals surface area (Å²) in [5.74, 6) is 0.0804. The predicted molar refractivity (Wildman–Crippen MR) is 106 cm³/mol. The van der Waals surface area contributed by atoms with Crippen LogP contribution in [0.15, 0.2) is 53.7 Å². The van der Waals surface area contributed by atoms with Gasteiger partial charge in [0, 0.05) is 11.7 Å². The Hall–Kier alpha value is -2.67. The Morgan fingerprint density at radius 1 is 1.15 bits per heavy atom. The molecule has 6 nitrogen and oxygen atoms in total. The number of hydrogen-bond donors (Lipinski definition) is 0. The Balaban J connectivity index is 1.57. The quantitative estimate of drug-likeness (QED) is 0.650. The molecule has 0 bridgehead atoms. The van der Waals surface area contributed by atoms with Crippen LogP contribution in [-0.4, -0.2) is 37.4 Å². The highest BCUT2D eigenvalue weighted by molar-refractivity contribution is 8.00. The van der Waals surface area contributed by atoms with Crippen LogP contribution in [0.2, 0.25) is 0 Å². The summed E-state index contributed by atoms with van der Waals surface area (Å²) in [7, 11) is 0. The van der Waals surface area contributed by atoms with Gasteiger partial charge in [0.15, 0.2) is 0 Å². The van der Waals surface area contributed by atoms with Gasteiger partial charge >= 0.3 is 0 Å². The Bertz CT molecular complexity index is 986. The Morgan fingerprint density at radius 3 is 2.63 bits per heavy atom. The van der Waals surface area contributed by atoms with Crippen LogP contribution < -0.4 is 4.90 Å². The molecule has 0 spiro atoms. The number of thioether (sulfide) groups is 1. The van der Waals surface area contributed by atoms with Gasteiger partial charge in [-0.2, -0.15) is 4.68 Å². The van der Waals surface area contributed by atoms with E-state index in [1.807, 2.05) is 61.2 Å². The van der Waals surface area contributed by atoms with Crippen LogP contribution in [0.1, 0.15) is 25.0 Å². The van der Waals surface area contributed by atoms with E-state index < -0.39 is 0 Å². The van der Waals surface area contributed by atoms with Gasteiger partial charge in [0.25, 0.3) is 0 Å². The molecular weight excluding hydrogens is 358 g/mol. The van der Waals surface area contributed by atoms with Gasteiger partial charge in [0.1, 0.15) is 0 Å². The molecule has 0 fully saturated rings. The van der Waals surface area contributed by atoms with Gasteiger partial charge in [-0.05, 0) is 60.9 Å². The van der Waals surface area contributed by atoms with E-state index in [0.717, 1.165) is 23.4 Å². The van der Waals surface area contributed by atoms with Crippen molar-refractivity contribution < 1.29 is 4.79 Å². The van der Waals surface area contributed by atoms with E-state index in [1.54, 1.807) is 4.68 Å². The first-order valence-corrected chi connectivity index (χ1v) is 9.86. The minimum absolute atomic E-state index is 0.0804. The maximum atomic E-state index is 13.2. The van der Waals surface area contributed by atoms with E-state index >= 15 is 0 Å². The van der Waals surface area contributed by atoms with Crippen LogP contribution >= 0.6 is 11.8 Å². The predicted octanol–water partition coefficient (Wildman–Crippen LogP) is 3.43. The number of benzene rings is 2. The minimum Gasteiger partial charge on any atom is -0.308 e. The summed E-state index contributed by atoms with van der Waals surface area (Å²) in [4.78, 5) is 15.1. The van der Waals surface area contributed by atoms with E-state index in [0.29, 0.717) is 5.16 Å². The van der Waals surface area contributed by atoms with Crippen molar-refractivity contribution in [2.75, 3.05) is 4.90 Å². The van der Waals surface area contributed by atoms with Gasteiger partial charge in [-0.1, -0.05) is 48.2 Å². The molecule has 2 aromatic carbocycles. The van der Waals surface area contributed by atoms with Gasteiger partial charge < -0.3 is 4.90 Å². The SMILES string of the molecule is Cc1ccccc1-n1nnnc1S[C@H](C)C(=O)N1c2ccccc2C[C@H]1C. The number of fused-ring (bicyclic) bond motifs is 1. The van der Waals surface area contributed by atoms with Crippen molar-refractivity contribution in [3.05, 3.63) is 59.7 Å². The lowest BCUT2D eigenvalue weighted by Crippen LogP contribution is -2.40. The number of carbonyl (C=O) groups excluding carboxylic acids is 1. The molecule has 4 rings (SSSR count). The average molecular weight is 379 g/mol. The van der Waals surface area contributed by atoms with Crippen LogP contribution in [0.4, 0.5) is 5.69 Å². The highest BCUT2D eigenvalue weighted by atomic mass is 32.2. The van der Waals surface area contributed by atoms with Crippen molar-refractivity contribution in [2.24, 2.45) is 0 Å². The Kier molecular flexibility index (Phi) is 4.70. The molecule has 138 valence electrons. The second kappa shape index (κ2) is 7.15. The van der Waals surface area contributed by atoms with Crippen molar-refractivity contribution >= 4 is 23.4 Å². The maximum absolute atomic E-state index is 13.2. The van der Waals surface area contributed by atoms with Gasteiger partial charge in [0.2, 0.25) is 11.1 Å². The summed E-state index contributed by atoms with van der Waals surface area (Å²) in [5.41, 5.74) is 4.23. The van der Waals surface area contributed by atoms with Crippen LogP contribution in [0.3, 0.4) is 0 Å². The summed E-state index contributed by atoms with van der Waals surface area (Å²) in [6.45, 7) is 6.02. The Morgan fingerprint density at radius 2 is 1.85 bits per heavy atom. The van der Waals surface area contributed by atoms with Crippen molar-refractivity contribution in [1.29, 1.82) is 0 Å². The second-order valence-corrected chi connectivity index (χ2v) is 8.12. The lowest BCUT2D eigenvalue weighted by Gasteiger charge is -2.25. The first kappa shape index (κ1) is 17.7. The molecule has 1 aliphatic heterocycles. The van der Waals surface area contributed by atoms with Crippen LogP contribution in [0, 0.1) is 6.92 Å². The normalized spacial score (nSPS) is 17.0. The lowest BCUT2D eigenvalue weighted by molar-refractivity contribution is -0.118. The van der Waals surface area contributed by atoms with Crippen LogP contribution in [0.5, 0.6) is 0 Å². The fourth-order valence-corrected chi connectivity index (χ4v) is 4.36. The topological polar surface area (TPSA) is 63.9 Å². The third-order valence-corrected chi connectivity index (χ3v) is 5.88. The van der Waals surface area contributed by atoms with E-state index in [1.165, 1.54) is 17.3 Å². The monoisotopic (exact) mass is 379 g/mol. The molecule has 0 saturated heterocycles. The molecule has 0 N–H and O–H groups in total. The van der Waals surface area contributed by atoms with Gasteiger partial charge in [-0.3, -0.25) is 4.79 Å². The van der Waals surface area contributed by atoms with Crippen molar-refractivity contribution in [2.45, 2.75) is 43.6 Å². The van der Waals surface area contributed by atoms with Gasteiger partial charge in [-0.25, -0.2) is 0 Å². The first-order chi connectivity index (χ1) is 13.1. The number of tetrazole rings is 1. The van der Waals surface area contributed by atoms with E-state index in [-0.39, 0.29) is 17.2 Å². The molecule has 0 radical (unpaired) electrons. The number of nitrogens with zero attached hydrogens (tertiary/aromatic N) is 5.